The number of hydrogen-bond donors (Lipinski definition) is 2. The summed E-state index contributed by atoms with van der Waals surface area (Å²) in [6, 6.07) is 14.5. The third kappa shape index (κ3) is 5.69. The predicted octanol–water partition coefficient (Wildman–Crippen LogP) is 3.99. The summed E-state index contributed by atoms with van der Waals surface area (Å²) in [6.45, 7) is 4.05. The van der Waals surface area contributed by atoms with Crippen LogP contribution in [0.25, 0.3) is 0 Å². The van der Waals surface area contributed by atoms with Crippen LogP contribution in [-0.2, 0) is 6.54 Å². The van der Waals surface area contributed by atoms with Gasteiger partial charge >= 0.3 is 0 Å². The SMILES string of the molecule is CN=C(NCc1ccc2c(c1)OCO2)NCC1CCN(c2ccc(Br)cc2)C1.I. The molecule has 1 unspecified atom stereocenters. The van der Waals surface area contributed by atoms with Crippen molar-refractivity contribution < 1.29 is 9.47 Å². The highest BCUT2D eigenvalue weighted by atomic mass is 127. The zero-order chi connectivity index (χ0) is 19.3. The van der Waals surface area contributed by atoms with Crippen LogP contribution >= 0.6 is 39.9 Å². The molecule has 2 N–H and O–H groups in total. The molecule has 8 heteroatoms. The number of anilines is 1. The molecule has 6 nitrogen and oxygen atoms in total. The Morgan fingerprint density at radius 1 is 1.14 bits per heavy atom. The van der Waals surface area contributed by atoms with Crippen LogP contribution in [0.5, 0.6) is 11.5 Å². The minimum absolute atomic E-state index is 0. The van der Waals surface area contributed by atoms with E-state index >= 15 is 0 Å². The van der Waals surface area contributed by atoms with Crippen LogP contribution in [0.1, 0.15) is 12.0 Å². The molecule has 0 amide bonds. The van der Waals surface area contributed by atoms with Gasteiger partial charge in [0.25, 0.3) is 0 Å². The van der Waals surface area contributed by atoms with Gasteiger partial charge in [0.05, 0.1) is 0 Å². The van der Waals surface area contributed by atoms with Crippen molar-refractivity contribution in [2.75, 3.05) is 38.4 Å². The summed E-state index contributed by atoms with van der Waals surface area (Å²) in [7, 11) is 1.80. The molecule has 2 aliphatic rings. The molecule has 2 aromatic carbocycles. The molecule has 2 aromatic rings. The highest BCUT2D eigenvalue weighted by Gasteiger charge is 2.22. The number of ether oxygens (including phenoxy) is 2. The molecule has 1 fully saturated rings. The second kappa shape index (κ2) is 10.4. The molecule has 0 aromatic heterocycles. The first-order valence-electron chi connectivity index (χ1n) is 9.55. The lowest BCUT2D eigenvalue weighted by Crippen LogP contribution is -2.39. The summed E-state index contributed by atoms with van der Waals surface area (Å²) in [5.74, 6) is 3.04. The van der Waals surface area contributed by atoms with Crippen LogP contribution in [0.2, 0.25) is 0 Å². The second-order valence-corrected chi connectivity index (χ2v) is 7.99. The summed E-state index contributed by atoms with van der Waals surface area (Å²) >= 11 is 3.50. The number of nitrogens with one attached hydrogen (secondary N) is 2. The van der Waals surface area contributed by atoms with Crippen molar-refractivity contribution in [2.24, 2.45) is 10.9 Å². The fraction of sp³-hybridized carbons (Fsp3) is 0.381. The lowest BCUT2D eigenvalue weighted by molar-refractivity contribution is 0.174. The maximum atomic E-state index is 5.44. The number of halogens is 2. The summed E-state index contributed by atoms with van der Waals surface area (Å²) in [5, 5.41) is 6.84. The van der Waals surface area contributed by atoms with Gasteiger partial charge in [-0.1, -0.05) is 22.0 Å². The molecular weight excluding hydrogens is 547 g/mol. The Balaban J connectivity index is 0.00000240. The van der Waals surface area contributed by atoms with Crippen LogP contribution in [-0.4, -0.2) is 39.4 Å². The van der Waals surface area contributed by atoms with E-state index in [0.29, 0.717) is 19.3 Å². The van der Waals surface area contributed by atoms with Crippen molar-refractivity contribution >= 4 is 51.6 Å². The Morgan fingerprint density at radius 2 is 1.93 bits per heavy atom. The van der Waals surface area contributed by atoms with E-state index in [-0.39, 0.29) is 24.0 Å². The number of rotatable bonds is 5. The van der Waals surface area contributed by atoms with Crippen LogP contribution in [0.3, 0.4) is 0 Å². The number of hydrogen-bond acceptors (Lipinski definition) is 4. The summed E-state index contributed by atoms with van der Waals surface area (Å²) < 4.78 is 11.9. The fourth-order valence-corrected chi connectivity index (χ4v) is 3.85. The standard InChI is InChI=1S/C21H25BrN4O2.HI/c1-23-21(24-11-15-2-7-19-20(10-15)28-14-27-19)25-12-16-8-9-26(13-16)18-5-3-17(22)4-6-18;/h2-7,10,16H,8-9,11-14H2,1H3,(H2,23,24,25);1H. The smallest absolute Gasteiger partial charge is 0.231 e. The van der Waals surface area contributed by atoms with Gasteiger partial charge in [0.2, 0.25) is 6.79 Å². The fourth-order valence-electron chi connectivity index (χ4n) is 3.58. The molecular formula is C21H26BrIN4O2. The molecule has 1 atom stereocenters. The van der Waals surface area contributed by atoms with Crippen molar-refractivity contribution in [3.8, 4) is 11.5 Å². The van der Waals surface area contributed by atoms with Gasteiger partial charge in [0.1, 0.15) is 0 Å². The maximum absolute atomic E-state index is 5.44. The first kappa shape index (κ1) is 22.0. The largest absolute Gasteiger partial charge is 0.454 e. The summed E-state index contributed by atoms with van der Waals surface area (Å²) in [4.78, 5) is 6.79. The third-order valence-corrected chi connectivity index (χ3v) is 5.69. The molecule has 2 aliphatic heterocycles. The third-order valence-electron chi connectivity index (χ3n) is 5.16. The van der Waals surface area contributed by atoms with Gasteiger partial charge in [-0.05, 0) is 54.3 Å². The van der Waals surface area contributed by atoms with Crippen LogP contribution in [0.4, 0.5) is 5.69 Å². The predicted molar refractivity (Wildman–Crippen MR) is 131 cm³/mol. The van der Waals surface area contributed by atoms with E-state index in [9.17, 15) is 0 Å². The zero-order valence-corrected chi connectivity index (χ0v) is 20.3. The molecule has 0 aliphatic carbocycles. The number of aliphatic imine (C=N–C) groups is 1. The molecule has 29 heavy (non-hydrogen) atoms. The quantitative estimate of drug-likeness (QED) is 0.322. The molecule has 0 spiro atoms. The molecule has 1 saturated heterocycles. The second-order valence-electron chi connectivity index (χ2n) is 7.07. The molecule has 2 heterocycles. The van der Waals surface area contributed by atoms with E-state index in [1.54, 1.807) is 7.05 Å². The first-order chi connectivity index (χ1) is 13.7. The van der Waals surface area contributed by atoms with E-state index in [0.717, 1.165) is 47.1 Å². The van der Waals surface area contributed by atoms with E-state index in [1.165, 1.54) is 12.1 Å². The van der Waals surface area contributed by atoms with E-state index in [2.05, 4.69) is 60.7 Å². The lowest BCUT2D eigenvalue weighted by Gasteiger charge is -2.19. The molecule has 4 rings (SSSR count). The number of fused-ring (bicyclic) bond motifs is 1. The molecule has 0 saturated carbocycles. The molecule has 156 valence electrons. The average Bonchev–Trinajstić information content (AvgIpc) is 3.37. The summed E-state index contributed by atoms with van der Waals surface area (Å²) in [5.41, 5.74) is 2.42. The highest BCUT2D eigenvalue weighted by Crippen LogP contribution is 2.32. The maximum Gasteiger partial charge on any atom is 0.231 e. The number of benzene rings is 2. The van der Waals surface area contributed by atoms with Gasteiger partial charge in [-0.25, -0.2) is 0 Å². The van der Waals surface area contributed by atoms with Crippen LogP contribution in [0.15, 0.2) is 51.9 Å². The Hall–Kier alpha value is -1.68. The zero-order valence-electron chi connectivity index (χ0n) is 16.4. The topological polar surface area (TPSA) is 58.1 Å². The molecule has 0 bridgehead atoms. The van der Waals surface area contributed by atoms with Gasteiger partial charge in [-0.15, -0.1) is 24.0 Å². The van der Waals surface area contributed by atoms with E-state index in [4.69, 9.17) is 9.47 Å². The van der Waals surface area contributed by atoms with Crippen molar-refractivity contribution in [1.29, 1.82) is 0 Å². The van der Waals surface area contributed by atoms with Crippen LogP contribution < -0.4 is 25.0 Å². The van der Waals surface area contributed by atoms with E-state index in [1.807, 2.05) is 18.2 Å². The van der Waals surface area contributed by atoms with Gasteiger partial charge < -0.3 is 25.0 Å². The van der Waals surface area contributed by atoms with Crippen molar-refractivity contribution in [3.63, 3.8) is 0 Å². The van der Waals surface area contributed by atoms with Crippen molar-refractivity contribution in [3.05, 3.63) is 52.5 Å². The summed E-state index contributed by atoms with van der Waals surface area (Å²) in [6.07, 6.45) is 1.18. The van der Waals surface area contributed by atoms with Gasteiger partial charge in [0.15, 0.2) is 17.5 Å². The first-order valence-corrected chi connectivity index (χ1v) is 10.3. The normalized spacial score (nSPS) is 17.8. The Bertz CT molecular complexity index is 847. The Labute approximate surface area is 197 Å². The average molecular weight is 573 g/mol. The van der Waals surface area contributed by atoms with Gasteiger partial charge in [-0.2, -0.15) is 0 Å². The lowest BCUT2D eigenvalue weighted by atomic mass is 10.1. The van der Waals surface area contributed by atoms with Crippen molar-refractivity contribution in [1.82, 2.24) is 10.6 Å². The van der Waals surface area contributed by atoms with Gasteiger partial charge in [0, 0.05) is 43.4 Å². The molecule has 0 radical (unpaired) electrons. The number of nitrogens with zero attached hydrogens (tertiary/aromatic N) is 2. The minimum Gasteiger partial charge on any atom is -0.454 e. The van der Waals surface area contributed by atoms with E-state index < -0.39 is 0 Å². The number of guanidine groups is 1. The Kier molecular flexibility index (Phi) is 7.88. The Morgan fingerprint density at radius 3 is 2.72 bits per heavy atom. The highest BCUT2D eigenvalue weighted by molar-refractivity contribution is 14.0. The van der Waals surface area contributed by atoms with Crippen LogP contribution in [0, 0.1) is 5.92 Å². The minimum atomic E-state index is 0. The van der Waals surface area contributed by atoms with Crippen molar-refractivity contribution in [2.45, 2.75) is 13.0 Å². The van der Waals surface area contributed by atoms with Gasteiger partial charge in [-0.3, -0.25) is 4.99 Å². The monoisotopic (exact) mass is 572 g/mol.